The quantitative estimate of drug-likeness (QED) is 0.624. The maximum atomic E-state index is 13.4. The van der Waals surface area contributed by atoms with Crippen molar-refractivity contribution in [2.45, 2.75) is 19.6 Å². The summed E-state index contributed by atoms with van der Waals surface area (Å²) < 4.78 is 21.0. The van der Waals surface area contributed by atoms with Crippen LogP contribution in [0.5, 0.6) is 0 Å². The Morgan fingerprint density at radius 2 is 2.08 bits per heavy atom. The summed E-state index contributed by atoms with van der Waals surface area (Å²) >= 11 is 2.08. The number of amides is 1. The third-order valence-corrected chi connectivity index (χ3v) is 4.58. The van der Waals surface area contributed by atoms with Crippen molar-refractivity contribution in [3.8, 4) is 0 Å². The van der Waals surface area contributed by atoms with Crippen LogP contribution >= 0.6 is 22.6 Å². The first kappa shape index (κ1) is 16.7. The summed E-state index contributed by atoms with van der Waals surface area (Å²) in [6.45, 7) is 2.01. The molecule has 0 fully saturated rings. The lowest BCUT2D eigenvalue weighted by atomic mass is 10.2. The van der Waals surface area contributed by atoms with E-state index in [9.17, 15) is 9.18 Å². The van der Waals surface area contributed by atoms with E-state index >= 15 is 0 Å². The van der Waals surface area contributed by atoms with Gasteiger partial charge in [0, 0.05) is 6.20 Å². The fourth-order valence-electron chi connectivity index (χ4n) is 2.29. The Kier molecular flexibility index (Phi) is 4.98. The zero-order valence-corrected chi connectivity index (χ0v) is 15.0. The number of rotatable bonds is 4. The Hall–Kier alpha value is -2.16. The Morgan fingerprint density at radius 1 is 1.33 bits per heavy atom. The summed E-state index contributed by atoms with van der Waals surface area (Å²) in [5.74, 6) is -0.341. The Balaban J connectivity index is 1.67. The number of carbonyl (C=O) groups excluding carboxylic acids is 1. The van der Waals surface area contributed by atoms with Crippen molar-refractivity contribution in [1.29, 1.82) is 0 Å². The van der Waals surface area contributed by atoms with Crippen LogP contribution in [0.4, 0.5) is 9.18 Å². The van der Waals surface area contributed by atoms with Crippen molar-refractivity contribution in [2.75, 3.05) is 0 Å². The highest BCUT2D eigenvalue weighted by atomic mass is 127. The molecule has 2 heterocycles. The number of nitrogens with zero attached hydrogens (tertiary/aromatic N) is 2. The van der Waals surface area contributed by atoms with E-state index in [0.717, 1.165) is 9.26 Å². The number of hydrogen-bond acceptors (Lipinski definition) is 3. The molecule has 0 saturated carbocycles. The summed E-state index contributed by atoms with van der Waals surface area (Å²) in [6, 6.07) is 12.0. The molecule has 0 radical (unpaired) electrons. The Labute approximate surface area is 152 Å². The van der Waals surface area contributed by atoms with Crippen LogP contribution in [0.1, 0.15) is 24.2 Å². The monoisotopic (exact) mass is 439 g/mol. The van der Waals surface area contributed by atoms with E-state index in [-0.39, 0.29) is 18.5 Å². The molecule has 7 heteroatoms. The first-order chi connectivity index (χ1) is 11.5. The summed E-state index contributed by atoms with van der Waals surface area (Å²) in [7, 11) is 0. The highest BCUT2D eigenvalue weighted by molar-refractivity contribution is 14.1. The minimum atomic E-state index is -0.523. The van der Waals surface area contributed by atoms with Crippen molar-refractivity contribution in [3.05, 3.63) is 69.4 Å². The number of fused-ring (bicyclic) bond motifs is 1. The van der Waals surface area contributed by atoms with Gasteiger partial charge in [-0.3, -0.25) is 4.40 Å². The van der Waals surface area contributed by atoms with Crippen LogP contribution in [0.3, 0.4) is 0 Å². The van der Waals surface area contributed by atoms with Gasteiger partial charge in [-0.05, 0) is 47.2 Å². The van der Waals surface area contributed by atoms with Gasteiger partial charge < -0.3 is 10.1 Å². The van der Waals surface area contributed by atoms with E-state index in [1.54, 1.807) is 10.5 Å². The smallest absolute Gasteiger partial charge is 0.407 e. The number of aromatic nitrogens is 2. The number of benzene rings is 1. The van der Waals surface area contributed by atoms with E-state index in [2.05, 4.69) is 32.9 Å². The van der Waals surface area contributed by atoms with Crippen LogP contribution in [0.15, 0.2) is 48.7 Å². The predicted octanol–water partition coefficient (Wildman–Crippen LogP) is 4.07. The largest absolute Gasteiger partial charge is 0.445 e. The number of hydrogen-bond donors (Lipinski definition) is 1. The van der Waals surface area contributed by atoms with Crippen molar-refractivity contribution in [3.63, 3.8) is 0 Å². The molecule has 3 rings (SSSR count). The first-order valence-corrected chi connectivity index (χ1v) is 8.42. The molecule has 1 aromatic carbocycles. The van der Waals surface area contributed by atoms with Crippen molar-refractivity contribution in [2.24, 2.45) is 0 Å². The molecule has 124 valence electrons. The van der Waals surface area contributed by atoms with Crippen molar-refractivity contribution >= 4 is 34.3 Å². The van der Waals surface area contributed by atoms with E-state index in [1.807, 2.05) is 37.3 Å². The second kappa shape index (κ2) is 7.16. The van der Waals surface area contributed by atoms with Crippen LogP contribution in [0.25, 0.3) is 5.65 Å². The average Bonchev–Trinajstić information content (AvgIpc) is 2.90. The number of carbonyl (C=O) groups is 1. The zero-order chi connectivity index (χ0) is 17.1. The standard InChI is InChI=1S/C17H15FIN3O2/c1-11(20-17(23)24-10-12-5-3-2-4-6-12)15-16(19)22-9-13(18)7-8-14(22)21-15/h2-9,11H,10H2,1H3,(H,20,23). The third kappa shape index (κ3) is 3.66. The highest BCUT2D eigenvalue weighted by Crippen LogP contribution is 2.21. The minimum absolute atomic E-state index is 0.201. The highest BCUT2D eigenvalue weighted by Gasteiger charge is 2.18. The summed E-state index contributed by atoms with van der Waals surface area (Å²) in [4.78, 5) is 16.4. The topological polar surface area (TPSA) is 55.6 Å². The van der Waals surface area contributed by atoms with Gasteiger partial charge in [-0.15, -0.1) is 0 Å². The maximum absolute atomic E-state index is 13.4. The van der Waals surface area contributed by atoms with E-state index in [4.69, 9.17) is 4.74 Å². The molecule has 5 nitrogen and oxygen atoms in total. The molecule has 1 atom stereocenters. The number of ether oxygens (including phenoxy) is 1. The van der Waals surface area contributed by atoms with Crippen molar-refractivity contribution in [1.82, 2.24) is 14.7 Å². The molecule has 0 aliphatic rings. The van der Waals surface area contributed by atoms with Gasteiger partial charge in [-0.1, -0.05) is 30.3 Å². The van der Waals surface area contributed by atoms with Gasteiger partial charge in [0.2, 0.25) is 0 Å². The van der Waals surface area contributed by atoms with Gasteiger partial charge >= 0.3 is 6.09 Å². The normalized spacial score (nSPS) is 12.1. The first-order valence-electron chi connectivity index (χ1n) is 7.35. The lowest BCUT2D eigenvalue weighted by Gasteiger charge is -2.12. The summed E-state index contributed by atoms with van der Waals surface area (Å²) in [5, 5.41) is 2.75. The molecule has 1 amide bonds. The number of pyridine rings is 1. The lowest BCUT2D eigenvalue weighted by Crippen LogP contribution is -2.28. The van der Waals surface area contributed by atoms with Crippen LogP contribution in [-0.2, 0) is 11.3 Å². The van der Waals surface area contributed by atoms with Gasteiger partial charge in [0.25, 0.3) is 0 Å². The van der Waals surface area contributed by atoms with Gasteiger partial charge in [0.05, 0.1) is 11.7 Å². The molecule has 24 heavy (non-hydrogen) atoms. The second-order valence-corrected chi connectivity index (χ2v) is 6.31. The van der Waals surface area contributed by atoms with Gasteiger partial charge in [0.15, 0.2) is 0 Å². The van der Waals surface area contributed by atoms with E-state index in [1.165, 1.54) is 12.3 Å². The predicted molar refractivity (Wildman–Crippen MR) is 96.0 cm³/mol. The average molecular weight is 439 g/mol. The maximum Gasteiger partial charge on any atom is 0.407 e. The molecule has 0 bridgehead atoms. The fourth-order valence-corrected chi connectivity index (χ4v) is 3.27. The number of halogens is 2. The molecule has 2 aromatic heterocycles. The summed E-state index contributed by atoms with van der Waals surface area (Å²) in [5.41, 5.74) is 2.21. The zero-order valence-electron chi connectivity index (χ0n) is 12.9. The lowest BCUT2D eigenvalue weighted by molar-refractivity contribution is 0.136. The Morgan fingerprint density at radius 3 is 2.83 bits per heavy atom. The summed E-state index contributed by atoms with van der Waals surface area (Å²) in [6.07, 6.45) is 0.846. The number of nitrogens with one attached hydrogen (secondary N) is 1. The molecule has 1 N–H and O–H groups in total. The molecule has 0 saturated heterocycles. The SMILES string of the molecule is CC(NC(=O)OCc1ccccc1)c1nc2ccc(F)cn2c1I. The third-order valence-electron chi connectivity index (χ3n) is 3.51. The minimum Gasteiger partial charge on any atom is -0.445 e. The van der Waals surface area contributed by atoms with E-state index in [0.29, 0.717) is 11.3 Å². The molecule has 3 aromatic rings. The molecular weight excluding hydrogens is 424 g/mol. The molecule has 0 aliphatic heterocycles. The van der Waals surface area contributed by atoms with Crippen LogP contribution in [-0.4, -0.2) is 15.5 Å². The molecule has 1 unspecified atom stereocenters. The number of alkyl carbamates (subject to hydrolysis) is 1. The van der Waals surface area contributed by atoms with Crippen LogP contribution in [0.2, 0.25) is 0 Å². The number of imidazole rings is 1. The molecule has 0 aliphatic carbocycles. The van der Waals surface area contributed by atoms with E-state index < -0.39 is 6.09 Å². The molecule has 0 spiro atoms. The van der Waals surface area contributed by atoms with Crippen LogP contribution < -0.4 is 5.32 Å². The van der Waals surface area contributed by atoms with Crippen molar-refractivity contribution < 1.29 is 13.9 Å². The Bertz CT molecular complexity index is 867. The van der Waals surface area contributed by atoms with Gasteiger partial charge in [0.1, 0.15) is 21.8 Å². The van der Waals surface area contributed by atoms with Gasteiger partial charge in [-0.25, -0.2) is 14.2 Å². The van der Waals surface area contributed by atoms with Crippen LogP contribution in [0, 0.1) is 9.52 Å². The fraction of sp³-hybridized carbons (Fsp3) is 0.176. The van der Waals surface area contributed by atoms with Gasteiger partial charge in [-0.2, -0.15) is 0 Å². The second-order valence-electron chi connectivity index (χ2n) is 5.29. The molecular formula is C17H15FIN3O2.